The number of benzene rings is 1. The first-order valence-corrected chi connectivity index (χ1v) is 11.9. The number of ether oxygens (including phenoxy) is 2. The van der Waals surface area contributed by atoms with Crippen molar-refractivity contribution in [1.29, 1.82) is 0 Å². The van der Waals surface area contributed by atoms with Gasteiger partial charge in [0.05, 0.1) is 31.3 Å². The normalized spacial score (nSPS) is 23.7. The summed E-state index contributed by atoms with van der Waals surface area (Å²) in [5, 5.41) is 3.03. The topological polar surface area (TPSA) is 66.9 Å². The number of anilines is 1. The lowest BCUT2D eigenvalue weighted by atomic mass is 10.1. The first-order chi connectivity index (χ1) is 16.4. The molecule has 3 aliphatic rings. The van der Waals surface area contributed by atoms with E-state index in [1.165, 1.54) is 0 Å². The Balaban J connectivity index is 1.08. The van der Waals surface area contributed by atoms with Crippen molar-refractivity contribution >= 4 is 11.8 Å². The molecule has 2 saturated heterocycles. The highest BCUT2D eigenvalue weighted by molar-refractivity contribution is 5.75. The summed E-state index contributed by atoms with van der Waals surface area (Å²) in [6, 6.07) is 11.4. The molecule has 1 aromatic heterocycles. The van der Waals surface area contributed by atoms with Gasteiger partial charge in [0, 0.05) is 32.5 Å². The third-order valence-electron chi connectivity index (χ3n) is 6.76. The number of hydrogen-bond acceptors (Lipinski definition) is 5. The minimum absolute atomic E-state index is 0.0113. The molecule has 0 radical (unpaired) electrons. The second kappa shape index (κ2) is 9.27. The van der Waals surface area contributed by atoms with Crippen molar-refractivity contribution in [3.8, 4) is 11.5 Å². The molecule has 3 heterocycles. The highest BCUT2D eigenvalue weighted by Crippen LogP contribution is 2.48. The van der Waals surface area contributed by atoms with Crippen molar-refractivity contribution in [3.63, 3.8) is 0 Å². The fraction of sp³-hybridized carbons (Fsp3) is 0.520. The van der Waals surface area contributed by atoms with Crippen LogP contribution in [0.5, 0.6) is 11.5 Å². The van der Waals surface area contributed by atoms with Crippen LogP contribution in [0.1, 0.15) is 37.8 Å². The van der Waals surface area contributed by atoms with E-state index in [0.29, 0.717) is 12.3 Å². The van der Waals surface area contributed by atoms with Gasteiger partial charge in [-0.15, -0.1) is 0 Å². The summed E-state index contributed by atoms with van der Waals surface area (Å²) in [7, 11) is 0. The number of pyridine rings is 1. The average molecular weight is 473 g/mol. The fourth-order valence-corrected chi connectivity index (χ4v) is 4.23. The predicted molar refractivity (Wildman–Crippen MR) is 124 cm³/mol. The molecule has 2 aromatic rings. The Kier molecular flexibility index (Phi) is 6.18. The molecule has 9 heteroatoms. The predicted octanol–water partition coefficient (Wildman–Crippen LogP) is 4.25. The van der Waals surface area contributed by atoms with Gasteiger partial charge in [0.1, 0.15) is 23.4 Å². The van der Waals surface area contributed by atoms with Gasteiger partial charge >= 0.3 is 6.03 Å². The molecule has 0 bridgehead atoms. The van der Waals surface area contributed by atoms with Crippen LogP contribution < -0.4 is 19.7 Å². The molecular formula is C25H30F2N4O3. The maximum Gasteiger partial charge on any atom is 0.317 e. The standard InChI is InChI=1S/C25H30F2N4O3/c1-17(29-24(32)30-10-2-11-30)18-3-5-20(6-4-18)34-22-9-12-31(15-22)23-8-7-21(14-28-23)33-16-19-13-25(19,26)27/h3-8,14,17,19,22H,2,9-13,15-16H2,1H3,(H,29,32)/t17-,19?,22?/m0/s1. The van der Waals surface area contributed by atoms with Crippen molar-refractivity contribution in [2.45, 2.75) is 44.3 Å². The number of aromatic nitrogens is 1. The Hall–Kier alpha value is -3.10. The Bertz CT molecular complexity index is 998. The van der Waals surface area contributed by atoms with E-state index < -0.39 is 11.8 Å². The van der Waals surface area contributed by atoms with E-state index in [2.05, 4.69) is 15.2 Å². The number of amides is 2. The van der Waals surface area contributed by atoms with Crippen LogP contribution in [0, 0.1) is 5.92 Å². The zero-order valence-corrected chi connectivity index (χ0v) is 19.3. The molecular weight excluding hydrogens is 442 g/mol. The number of carbonyl (C=O) groups is 1. The number of urea groups is 1. The summed E-state index contributed by atoms with van der Waals surface area (Å²) >= 11 is 0. The number of nitrogens with one attached hydrogen (secondary N) is 1. The second-order valence-electron chi connectivity index (χ2n) is 9.38. The number of carbonyl (C=O) groups excluding carboxylic acids is 1. The van der Waals surface area contributed by atoms with Gasteiger partial charge < -0.3 is 24.6 Å². The van der Waals surface area contributed by atoms with E-state index in [1.807, 2.05) is 42.2 Å². The van der Waals surface area contributed by atoms with Crippen molar-refractivity contribution in [2.75, 3.05) is 37.7 Å². The summed E-state index contributed by atoms with van der Waals surface area (Å²) < 4.78 is 37.5. The quantitative estimate of drug-likeness (QED) is 0.622. The van der Waals surface area contributed by atoms with Crippen LogP contribution in [0.25, 0.3) is 0 Å². The van der Waals surface area contributed by atoms with Gasteiger partial charge in [-0.1, -0.05) is 12.1 Å². The lowest BCUT2D eigenvalue weighted by Crippen LogP contribution is -2.48. The van der Waals surface area contributed by atoms with Crippen molar-refractivity contribution < 1.29 is 23.0 Å². The molecule has 34 heavy (non-hydrogen) atoms. The number of halogens is 2. The third kappa shape index (κ3) is 5.18. The maximum atomic E-state index is 13.0. The number of alkyl halides is 2. The highest BCUT2D eigenvalue weighted by Gasteiger charge is 2.57. The number of rotatable bonds is 8. The minimum atomic E-state index is -2.57. The Morgan fingerprint density at radius 1 is 1.18 bits per heavy atom. The van der Waals surface area contributed by atoms with Crippen molar-refractivity contribution in [2.24, 2.45) is 5.92 Å². The van der Waals surface area contributed by atoms with Gasteiger partial charge in [-0.05, 0) is 43.2 Å². The summed E-state index contributed by atoms with van der Waals surface area (Å²) in [5.74, 6) is -1.12. The van der Waals surface area contributed by atoms with E-state index in [4.69, 9.17) is 9.47 Å². The molecule has 1 aromatic carbocycles. The van der Waals surface area contributed by atoms with Gasteiger partial charge in [-0.25, -0.2) is 18.6 Å². The zero-order chi connectivity index (χ0) is 23.7. The van der Waals surface area contributed by atoms with E-state index in [-0.39, 0.29) is 31.2 Å². The smallest absolute Gasteiger partial charge is 0.317 e. The lowest BCUT2D eigenvalue weighted by molar-refractivity contribution is 0.0855. The number of nitrogens with zero attached hydrogens (tertiary/aromatic N) is 3. The Morgan fingerprint density at radius 2 is 1.91 bits per heavy atom. The van der Waals surface area contributed by atoms with Gasteiger partial charge in [0.25, 0.3) is 5.92 Å². The average Bonchev–Trinajstić information content (AvgIpc) is 3.15. The van der Waals surface area contributed by atoms with Crippen LogP contribution >= 0.6 is 0 Å². The lowest BCUT2D eigenvalue weighted by Gasteiger charge is -2.32. The summed E-state index contributed by atoms with van der Waals surface area (Å²) in [6.07, 6.45) is 3.49. The first-order valence-electron chi connectivity index (χ1n) is 11.9. The first kappa shape index (κ1) is 22.7. The van der Waals surface area contributed by atoms with E-state index in [0.717, 1.165) is 49.6 Å². The van der Waals surface area contributed by atoms with Gasteiger partial charge in [-0.3, -0.25) is 0 Å². The summed E-state index contributed by atoms with van der Waals surface area (Å²) in [6.45, 7) is 5.20. The largest absolute Gasteiger partial charge is 0.491 e. The SMILES string of the molecule is C[C@H](NC(=O)N1CCC1)c1ccc(OC2CCN(c3ccc(OCC4CC4(F)F)cn3)C2)cc1. The van der Waals surface area contributed by atoms with Crippen LogP contribution in [0.4, 0.5) is 19.4 Å². The van der Waals surface area contributed by atoms with Crippen LogP contribution in [-0.2, 0) is 0 Å². The highest BCUT2D eigenvalue weighted by atomic mass is 19.3. The molecule has 7 nitrogen and oxygen atoms in total. The van der Waals surface area contributed by atoms with Gasteiger partial charge in [0.2, 0.25) is 0 Å². The molecule has 3 atom stereocenters. The van der Waals surface area contributed by atoms with E-state index in [1.54, 1.807) is 12.3 Å². The van der Waals surface area contributed by atoms with Gasteiger partial charge in [0.15, 0.2) is 0 Å². The van der Waals surface area contributed by atoms with Crippen LogP contribution in [0.15, 0.2) is 42.6 Å². The molecule has 1 saturated carbocycles. The minimum Gasteiger partial charge on any atom is -0.491 e. The third-order valence-corrected chi connectivity index (χ3v) is 6.76. The summed E-state index contributed by atoms with van der Waals surface area (Å²) in [5.41, 5.74) is 1.03. The van der Waals surface area contributed by atoms with Crippen LogP contribution in [0.3, 0.4) is 0 Å². The molecule has 0 spiro atoms. The molecule has 2 aliphatic heterocycles. The summed E-state index contributed by atoms with van der Waals surface area (Å²) in [4.78, 5) is 20.5. The van der Waals surface area contributed by atoms with Crippen molar-refractivity contribution in [3.05, 3.63) is 48.2 Å². The Morgan fingerprint density at radius 3 is 2.53 bits per heavy atom. The van der Waals surface area contributed by atoms with Gasteiger partial charge in [-0.2, -0.15) is 0 Å². The molecule has 1 aliphatic carbocycles. The molecule has 182 valence electrons. The van der Waals surface area contributed by atoms with Crippen molar-refractivity contribution in [1.82, 2.24) is 15.2 Å². The molecule has 5 rings (SSSR count). The Labute approximate surface area is 198 Å². The van der Waals surface area contributed by atoms with E-state index >= 15 is 0 Å². The molecule has 1 N–H and O–H groups in total. The second-order valence-corrected chi connectivity index (χ2v) is 9.38. The fourth-order valence-electron chi connectivity index (χ4n) is 4.23. The monoisotopic (exact) mass is 472 g/mol. The zero-order valence-electron chi connectivity index (χ0n) is 19.3. The molecule has 2 amide bonds. The van der Waals surface area contributed by atoms with Crippen LogP contribution in [-0.4, -0.2) is 60.7 Å². The number of hydrogen-bond donors (Lipinski definition) is 1. The molecule has 2 unspecified atom stereocenters. The van der Waals surface area contributed by atoms with E-state index in [9.17, 15) is 13.6 Å². The molecule has 3 fully saturated rings. The van der Waals surface area contributed by atoms with Crippen LogP contribution in [0.2, 0.25) is 0 Å². The maximum absolute atomic E-state index is 13.0. The number of likely N-dealkylation sites (tertiary alicyclic amines) is 1.